The Morgan fingerprint density at radius 2 is 2.29 bits per heavy atom. The van der Waals surface area contributed by atoms with Crippen LogP contribution in [0.5, 0.6) is 0 Å². The first kappa shape index (κ1) is 10.7. The molecule has 0 unspecified atom stereocenters. The topological polar surface area (TPSA) is 3.24 Å². The average Bonchev–Trinajstić information content (AvgIpc) is 2.44. The van der Waals surface area contributed by atoms with Crippen LogP contribution in [0.4, 0.5) is 0 Å². The molecule has 0 N–H and O–H groups in total. The quantitative estimate of drug-likeness (QED) is 0.808. The summed E-state index contributed by atoms with van der Waals surface area (Å²) < 4.78 is 1.24. The van der Waals surface area contributed by atoms with E-state index in [9.17, 15) is 0 Å². The zero-order valence-corrected chi connectivity index (χ0v) is 10.9. The predicted octanol–water partition coefficient (Wildman–Crippen LogP) is 3.74. The fourth-order valence-corrected chi connectivity index (χ4v) is 3.45. The predicted molar refractivity (Wildman–Crippen MR) is 65.7 cm³/mol. The molecular weight excluding hydrogens is 258 g/mol. The molecule has 0 amide bonds. The van der Waals surface area contributed by atoms with Crippen molar-refractivity contribution in [3.8, 4) is 0 Å². The summed E-state index contributed by atoms with van der Waals surface area (Å²) in [5.74, 6) is 0.975. The van der Waals surface area contributed by atoms with Crippen molar-refractivity contribution in [2.75, 3.05) is 13.6 Å². The number of halogens is 1. The molecule has 0 bridgehead atoms. The molecule has 0 saturated heterocycles. The van der Waals surface area contributed by atoms with Gasteiger partial charge in [-0.3, -0.25) is 0 Å². The van der Waals surface area contributed by atoms with Crippen molar-refractivity contribution >= 4 is 27.3 Å². The van der Waals surface area contributed by atoms with Crippen LogP contribution >= 0.6 is 27.3 Å². The summed E-state index contributed by atoms with van der Waals surface area (Å²) >= 11 is 5.34. The van der Waals surface area contributed by atoms with Gasteiger partial charge in [-0.05, 0) is 53.9 Å². The van der Waals surface area contributed by atoms with Crippen LogP contribution in [0.3, 0.4) is 0 Å². The first-order valence-corrected chi connectivity index (χ1v) is 6.78. The minimum Gasteiger partial charge on any atom is -0.301 e. The Bertz CT molecular complexity index is 293. The lowest BCUT2D eigenvalue weighted by Crippen LogP contribution is -2.28. The molecule has 1 heterocycles. The van der Waals surface area contributed by atoms with E-state index in [1.165, 1.54) is 34.5 Å². The van der Waals surface area contributed by atoms with E-state index in [2.05, 4.69) is 40.0 Å². The molecule has 1 nitrogen and oxygen atoms in total. The number of thiophene rings is 1. The molecule has 14 heavy (non-hydrogen) atoms. The van der Waals surface area contributed by atoms with Gasteiger partial charge >= 0.3 is 0 Å². The zero-order chi connectivity index (χ0) is 9.97. The van der Waals surface area contributed by atoms with Gasteiger partial charge in [0.2, 0.25) is 0 Å². The van der Waals surface area contributed by atoms with E-state index in [1.807, 2.05) is 11.3 Å². The summed E-state index contributed by atoms with van der Waals surface area (Å²) in [4.78, 5) is 3.90. The number of hydrogen-bond acceptors (Lipinski definition) is 2. The van der Waals surface area contributed by atoms with Crippen LogP contribution in [0.1, 0.15) is 24.1 Å². The standard InChI is InChI=1S/C11H16BrNS/c1-13(7-9-3-2-4-9)8-10-5-6-11(12)14-10/h5-6,9H,2-4,7-8H2,1H3. The molecule has 0 radical (unpaired) electrons. The highest BCUT2D eigenvalue weighted by Gasteiger charge is 2.19. The highest BCUT2D eigenvalue weighted by molar-refractivity contribution is 9.11. The van der Waals surface area contributed by atoms with Crippen molar-refractivity contribution in [1.82, 2.24) is 4.90 Å². The van der Waals surface area contributed by atoms with Crippen LogP contribution in [-0.2, 0) is 6.54 Å². The fourth-order valence-electron chi connectivity index (χ4n) is 1.88. The van der Waals surface area contributed by atoms with Crippen LogP contribution in [-0.4, -0.2) is 18.5 Å². The lowest BCUT2D eigenvalue weighted by molar-refractivity contribution is 0.201. The van der Waals surface area contributed by atoms with Gasteiger partial charge < -0.3 is 4.90 Å². The highest BCUT2D eigenvalue weighted by Crippen LogP contribution is 2.28. The molecule has 0 aromatic carbocycles. The highest BCUT2D eigenvalue weighted by atomic mass is 79.9. The second-order valence-corrected chi connectivity index (χ2v) is 6.75. The molecule has 1 saturated carbocycles. The Kier molecular flexibility index (Phi) is 3.63. The van der Waals surface area contributed by atoms with Gasteiger partial charge in [-0.25, -0.2) is 0 Å². The second-order valence-electron chi connectivity index (χ2n) is 4.20. The summed E-state index contributed by atoms with van der Waals surface area (Å²) in [5.41, 5.74) is 0. The lowest BCUT2D eigenvalue weighted by atomic mass is 9.85. The normalized spacial score (nSPS) is 17.4. The van der Waals surface area contributed by atoms with Crippen molar-refractivity contribution in [2.45, 2.75) is 25.8 Å². The van der Waals surface area contributed by atoms with Crippen molar-refractivity contribution < 1.29 is 0 Å². The van der Waals surface area contributed by atoms with Crippen molar-refractivity contribution in [1.29, 1.82) is 0 Å². The summed E-state index contributed by atoms with van der Waals surface area (Å²) in [6, 6.07) is 4.35. The van der Waals surface area contributed by atoms with E-state index in [-0.39, 0.29) is 0 Å². The number of hydrogen-bond donors (Lipinski definition) is 0. The van der Waals surface area contributed by atoms with E-state index < -0.39 is 0 Å². The number of nitrogens with zero attached hydrogens (tertiary/aromatic N) is 1. The van der Waals surface area contributed by atoms with Gasteiger partial charge in [-0.15, -0.1) is 11.3 Å². The van der Waals surface area contributed by atoms with Crippen LogP contribution in [0, 0.1) is 5.92 Å². The first-order chi connectivity index (χ1) is 6.74. The zero-order valence-electron chi connectivity index (χ0n) is 8.50. The monoisotopic (exact) mass is 273 g/mol. The van der Waals surface area contributed by atoms with Gasteiger partial charge in [0, 0.05) is 18.0 Å². The Hall–Kier alpha value is 0.140. The summed E-state index contributed by atoms with van der Waals surface area (Å²) in [6.45, 7) is 2.38. The van der Waals surface area contributed by atoms with E-state index in [4.69, 9.17) is 0 Å². The van der Waals surface area contributed by atoms with E-state index in [0.29, 0.717) is 0 Å². The van der Waals surface area contributed by atoms with Crippen LogP contribution in [0.25, 0.3) is 0 Å². The van der Waals surface area contributed by atoms with Gasteiger partial charge in [0.1, 0.15) is 0 Å². The van der Waals surface area contributed by atoms with Crippen LogP contribution < -0.4 is 0 Å². The maximum absolute atomic E-state index is 3.50. The molecule has 2 rings (SSSR count). The molecule has 1 aliphatic carbocycles. The molecule has 3 heteroatoms. The van der Waals surface area contributed by atoms with Crippen molar-refractivity contribution in [3.63, 3.8) is 0 Å². The minimum absolute atomic E-state index is 0.975. The van der Waals surface area contributed by atoms with E-state index in [1.54, 1.807) is 0 Å². The summed E-state index contributed by atoms with van der Waals surface area (Å²) in [7, 11) is 2.23. The Labute approximate surface area is 98.2 Å². The average molecular weight is 274 g/mol. The SMILES string of the molecule is CN(Cc1ccc(Br)s1)CC1CCC1. The lowest BCUT2D eigenvalue weighted by Gasteiger charge is -2.29. The van der Waals surface area contributed by atoms with Crippen LogP contribution in [0.15, 0.2) is 15.9 Å². The molecule has 1 aromatic rings. The molecular formula is C11H16BrNS. The Morgan fingerprint density at radius 1 is 1.50 bits per heavy atom. The summed E-state index contributed by atoms with van der Waals surface area (Å²) in [5, 5.41) is 0. The van der Waals surface area contributed by atoms with Gasteiger partial charge in [0.05, 0.1) is 3.79 Å². The molecule has 1 aliphatic rings. The largest absolute Gasteiger partial charge is 0.301 e. The maximum atomic E-state index is 3.50. The Balaban J connectivity index is 1.78. The van der Waals surface area contributed by atoms with Crippen molar-refractivity contribution in [2.24, 2.45) is 5.92 Å². The van der Waals surface area contributed by atoms with Gasteiger partial charge in [0.25, 0.3) is 0 Å². The molecule has 0 aliphatic heterocycles. The maximum Gasteiger partial charge on any atom is 0.0701 e. The first-order valence-electron chi connectivity index (χ1n) is 5.17. The van der Waals surface area contributed by atoms with Crippen molar-refractivity contribution in [3.05, 3.63) is 20.8 Å². The summed E-state index contributed by atoms with van der Waals surface area (Å²) in [6.07, 6.45) is 4.33. The second kappa shape index (κ2) is 4.77. The molecule has 1 aromatic heterocycles. The Morgan fingerprint density at radius 3 is 2.79 bits per heavy atom. The minimum atomic E-state index is 0.975. The van der Waals surface area contributed by atoms with Gasteiger partial charge in [0.15, 0.2) is 0 Å². The van der Waals surface area contributed by atoms with Crippen LogP contribution in [0.2, 0.25) is 0 Å². The molecule has 0 atom stereocenters. The molecule has 78 valence electrons. The third kappa shape index (κ3) is 2.81. The molecule has 1 fully saturated rings. The third-order valence-electron chi connectivity index (χ3n) is 2.85. The smallest absolute Gasteiger partial charge is 0.0701 e. The van der Waals surface area contributed by atoms with E-state index >= 15 is 0 Å². The number of rotatable bonds is 4. The third-order valence-corrected chi connectivity index (χ3v) is 4.46. The molecule has 0 spiro atoms. The fraction of sp³-hybridized carbons (Fsp3) is 0.636. The van der Waals surface area contributed by atoms with Gasteiger partial charge in [-0.2, -0.15) is 0 Å². The van der Waals surface area contributed by atoms with E-state index in [0.717, 1.165) is 12.5 Å². The van der Waals surface area contributed by atoms with Gasteiger partial charge in [-0.1, -0.05) is 6.42 Å².